The molecule has 2 nitrogen and oxygen atoms in total. The number of benzene rings is 1. The largest absolute Gasteiger partial charge is 0.497 e. The molecule has 0 aliphatic heterocycles. The number of carbonyl (C=O) groups excluding carboxylic acids is 1. The highest BCUT2D eigenvalue weighted by Gasteiger charge is 2.08. The molecule has 0 fully saturated rings. The van der Waals surface area contributed by atoms with Gasteiger partial charge >= 0.3 is 0 Å². The summed E-state index contributed by atoms with van der Waals surface area (Å²) in [5, 5.41) is 0. The van der Waals surface area contributed by atoms with Crippen LogP contribution in [0.15, 0.2) is 18.2 Å². The lowest BCUT2D eigenvalue weighted by Crippen LogP contribution is -2.02. The van der Waals surface area contributed by atoms with Crippen LogP contribution in [-0.4, -0.2) is 18.8 Å². The molecule has 3 heteroatoms. The van der Waals surface area contributed by atoms with Crippen molar-refractivity contribution in [1.82, 2.24) is 0 Å². The fourth-order valence-electron chi connectivity index (χ4n) is 1.44. The number of hydrogen-bond donors (Lipinski definition) is 0. The summed E-state index contributed by atoms with van der Waals surface area (Å²) in [6.45, 7) is 1.91. The van der Waals surface area contributed by atoms with E-state index < -0.39 is 0 Å². The van der Waals surface area contributed by atoms with Gasteiger partial charge in [0, 0.05) is 17.9 Å². The van der Waals surface area contributed by atoms with Gasteiger partial charge in [-0.05, 0) is 37.1 Å². The number of methoxy groups -OCH3 is 1. The van der Waals surface area contributed by atoms with E-state index in [9.17, 15) is 4.79 Å². The predicted molar refractivity (Wildman–Crippen MR) is 62.0 cm³/mol. The van der Waals surface area contributed by atoms with Crippen LogP contribution in [0.3, 0.4) is 0 Å². The molecule has 1 aromatic rings. The van der Waals surface area contributed by atoms with Crippen LogP contribution in [0.1, 0.15) is 28.8 Å². The standard InChI is InChI=1S/C12H15ClO2/c1-9-8-10(15-2)5-6-11(9)12(14)4-3-7-13/h5-6,8H,3-4,7H2,1-2H3. The Labute approximate surface area is 95.2 Å². The van der Waals surface area contributed by atoms with Gasteiger partial charge in [-0.1, -0.05) is 0 Å². The van der Waals surface area contributed by atoms with E-state index in [1.54, 1.807) is 13.2 Å². The van der Waals surface area contributed by atoms with Crippen LogP contribution in [0, 0.1) is 6.92 Å². The number of hydrogen-bond acceptors (Lipinski definition) is 2. The molecule has 0 radical (unpaired) electrons. The number of alkyl halides is 1. The van der Waals surface area contributed by atoms with E-state index in [2.05, 4.69) is 0 Å². The van der Waals surface area contributed by atoms with E-state index in [1.807, 2.05) is 19.1 Å². The number of ether oxygens (including phenoxy) is 1. The first-order valence-corrected chi connectivity index (χ1v) is 5.46. The molecule has 0 saturated heterocycles. The van der Waals surface area contributed by atoms with Crippen molar-refractivity contribution >= 4 is 17.4 Å². The molecule has 0 atom stereocenters. The summed E-state index contributed by atoms with van der Waals surface area (Å²) in [6, 6.07) is 5.49. The summed E-state index contributed by atoms with van der Waals surface area (Å²) >= 11 is 5.55. The Bertz CT molecular complexity index is 347. The minimum Gasteiger partial charge on any atom is -0.497 e. The third kappa shape index (κ3) is 3.24. The Morgan fingerprint density at radius 3 is 2.73 bits per heavy atom. The van der Waals surface area contributed by atoms with Crippen molar-refractivity contribution in [3.05, 3.63) is 29.3 Å². The number of halogens is 1. The second-order valence-corrected chi connectivity index (χ2v) is 3.77. The molecule has 0 aliphatic rings. The van der Waals surface area contributed by atoms with Gasteiger partial charge in [0.2, 0.25) is 0 Å². The Kier molecular flexibility index (Phi) is 4.63. The van der Waals surface area contributed by atoms with Gasteiger partial charge in [0.05, 0.1) is 7.11 Å². The first-order chi connectivity index (χ1) is 7.19. The van der Waals surface area contributed by atoms with Crippen LogP contribution < -0.4 is 4.74 Å². The maximum Gasteiger partial charge on any atom is 0.163 e. The molecule has 1 rings (SSSR count). The fourth-order valence-corrected chi connectivity index (χ4v) is 1.57. The van der Waals surface area contributed by atoms with Crippen LogP contribution in [0.5, 0.6) is 5.75 Å². The first kappa shape index (κ1) is 12.1. The quantitative estimate of drug-likeness (QED) is 0.569. The lowest BCUT2D eigenvalue weighted by Gasteiger charge is -2.06. The molecule has 15 heavy (non-hydrogen) atoms. The van der Waals surface area contributed by atoms with Crippen molar-refractivity contribution < 1.29 is 9.53 Å². The molecule has 0 aromatic heterocycles. The number of rotatable bonds is 5. The van der Waals surface area contributed by atoms with E-state index in [1.165, 1.54) is 0 Å². The average molecular weight is 227 g/mol. The highest BCUT2D eigenvalue weighted by atomic mass is 35.5. The number of carbonyl (C=O) groups is 1. The van der Waals surface area contributed by atoms with Gasteiger partial charge in [-0.2, -0.15) is 0 Å². The monoisotopic (exact) mass is 226 g/mol. The Hall–Kier alpha value is -1.02. The normalized spacial score (nSPS) is 10.1. The zero-order valence-electron chi connectivity index (χ0n) is 9.05. The van der Waals surface area contributed by atoms with Gasteiger partial charge in [-0.25, -0.2) is 0 Å². The molecule has 82 valence electrons. The molecule has 0 saturated carbocycles. The van der Waals surface area contributed by atoms with Gasteiger partial charge in [-0.15, -0.1) is 11.6 Å². The molecular formula is C12H15ClO2. The average Bonchev–Trinajstić information content (AvgIpc) is 2.25. The van der Waals surface area contributed by atoms with Crippen molar-refractivity contribution in [3.8, 4) is 5.75 Å². The van der Waals surface area contributed by atoms with Gasteiger partial charge < -0.3 is 4.74 Å². The van der Waals surface area contributed by atoms with Crippen molar-refractivity contribution in [1.29, 1.82) is 0 Å². The lowest BCUT2D eigenvalue weighted by atomic mass is 10.0. The number of Topliss-reactive ketones (excluding diaryl/α,β-unsaturated/α-hetero) is 1. The fraction of sp³-hybridized carbons (Fsp3) is 0.417. The molecule has 0 amide bonds. The second-order valence-electron chi connectivity index (χ2n) is 3.40. The number of aryl methyl sites for hydroxylation is 1. The SMILES string of the molecule is COc1ccc(C(=O)CCCCl)c(C)c1. The summed E-state index contributed by atoms with van der Waals surface area (Å²) < 4.78 is 5.08. The summed E-state index contributed by atoms with van der Waals surface area (Å²) in [5.41, 5.74) is 1.72. The number of ketones is 1. The van der Waals surface area contributed by atoms with Crippen LogP contribution in [0.4, 0.5) is 0 Å². The van der Waals surface area contributed by atoms with Gasteiger partial charge in [0.25, 0.3) is 0 Å². The van der Waals surface area contributed by atoms with Crippen molar-refractivity contribution in [2.75, 3.05) is 13.0 Å². The third-order valence-electron chi connectivity index (χ3n) is 2.27. The Morgan fingerprint density at radius 2 is 2.20 bits per heavy atom. The van der Waals surface area contributed by atoms with E-state index >= 15 is 0 Å². The van der Waals surface area contributed by atoms with E-state index in [-0.39, 0.29) is 5.78 Å². The van der Waals surface area contributed by atoms with Crippen LogP contribution in [-0.2, 0) is 0 Å². The summed E-state index contributed by atoms with van der Waals surface area (Å²) in [4.78, 5) is 11.7. The highest BCUT2D eigenvalue weighted by Crippen LogP contribution is 2.18. The summed E-state index contributed by atoms with van der Waals surface area (Å²) in [7, 11) is 1.61. The molecule has 0 spiro atoms. The van der Waals surface area contributed by atoms with E-state index in [4.69, 9.17) is 16.3 Å². The lowest BCUT2D eigenvalue weighted by molar-refractivity contribution is 0.0981. The topological polar surface area (TPSA) is 26.3 Å². The molecule has 0 heterocycles. The van der Waals surface area contributed by atoms with Gasteiger partial charge in [0.1, 0.15) is 5.75 Å². The predicted octanol–water partition coefficient (Wildman–Crippen LogP) is 3.21. The van der Waals surface area contributed by atoms with Crippen molar-refractivity contribution in [3.63, 3.8) is 0 Å². The highest BCUT2D eigenvalue weighted by molar-refractivity contribution is 6.18. The molecule has 0 unspecified atom stereocenters. The summed E-state index contributed by atoms with van der Waals surface area (Å²) in [5.74, 6) is 1.46. The first-order valence-electron chi connectivity index (χ1n) is 4.93. The summed E-state index contributed by atoms with van der Waals surface area (Å²) in [6.07, 6.45) is 1.24. The zero-order chi connectivity index (χ0) is 11.3. The minimum absolute atomic E-state index is 0.149. The van der Waals surface area contributed by atoms with Gasteiger partial charge in [0.15, 0.2) is 5.78 Å². The minimum atomic E-state index is 0.149. The third-order valence-corrected chi connectivity index (χ3v) is 2.54. The maximum atomic E-state index is 11.7. The van der Waals surface area contributed by atoms with Crippen LogP contribution in [0.25, 0.3) is 0 Å². The Balaban J connectivity index is 2.81. The molecule has 0 aliphatic carbocycles. The van der Waals surface area contributed by atoms with Gasteiger partial charge in [-0.3, -0.25) is 4.79 Å². The smallest absolute Gasteiger partial charge is 0.163 e. The van der Waals surface area contributed by atoms with Crippen LogP contribution in [0.2, 0.25) is 0 Å². The second kappa shape index (κ2) is 5.76. The molecule has 0 bridgehead atoms. The maximum absolute atomic E-state index is 11.7. The zero-order valence-corrected chi connectivity index (χ0v) is 9.80. The molecule has 1 aromatic carbocycles. The van der Waals surface area contributed by atoms with Crippen molar-refractivity contribution in [2.24, 2.45) is 0 Å². The van der Waals surface area contributed by atoms with E-state index in [0.717, 1.165) is 23.3 Å². The van der Waals surface area contributed by atoms with Crippen LogP contribution >= 0.6 is 11.6 Å². The van der Waals surface area contributed by atoms with Crippen molar-refractivity contribution in [2.45, 2.75) is 19.8 Å². The Morgan fingerprint density at radius 1 is 1.47 bits per heavy atom. The molecule has 0 N–H and O–H groups in total. The molecular weight excluding hydrogens is 212 g/mol. The van der Waals surface area contributed by atoms with E-state index in [0.29, 0.717) is 12.3 Å².